The second-order valence-electron chi connectivity index (χ2n) is 5.63. The fourth-order valence-corrected chi connectivity index (χ4v) is 2.53. The zero-order chi connectivity index (χ0) is 12.0. The van der Waals surface area contributed by atoms with Gasteiger partial charge in [-0.3, -0.25) is 11.3 Å². The zero-order valence-electron chi connectivity index (χ0n) is 11.1. The molecule has 96 valence electrons. The lowest BCUT2D eigenvalue weighted by molar-refractivity contribution is -0.0840. The van der Waals surface area contributed by atoms with E-state index in [0.29, 0.717) is 6.04 Å². The minimum absolute atomic E-state index is 0.134. The molecule has 0 radical (unpaired) electrons. The van der Waals surface area contributed by atoms with E-state index in [-0.39, 0.29) is 5.60 Å². The monoisotopic (exact) mass is 228 g/mol. The van der Waals surface area contributed by atoms with Gasteiger partial charge in [-0.2, -0.15) is 0 Å². The molecule has 1 saturated carbocycles. The zero-order valence-corrected chi connectivity index (χ0v) is 11.1. The number of nitrogens with two attached hydrogens (primary N) is 1. The average molecular weight is 228 g/mol. The molecule has 1 atom stereocenters. The first-order valence-corrected chi connectivity index (χ1v) is 6.63. The molecule has 0 spiro atoms. The minimum atomic E-state index is 0.134. The van der Waals surface area contributed by atoms with E-state index in [1.165, 1.54) is 38.5 Å². The van der Waals surface area contributed by atoms with Gasteiger partial charge >= 0.3 is 0 Å². The standard InChI is InChI=1S/C13H28N2O/c1-11(2)6-4-7-12(15-14)10-13(16-3)8-5-9-13/h11-12,15H,4-10,14H2,1-3H3. The SMILES string of the molecule is COC1(CC(CCCC(C)C)NN)CCC1. The van der Waals surface area contributed by atoms with Gasteiger partial charge in [0.1, 0.15) is 0 Å². The molecule has 1 fully saturated rings. The van der Waals surface area contributed by atoms with Crippen LogP contribution in [0.15, 0.2) is 0 Å². The van der Waals surface area contributed by atoms with Crippen LogP contribution >= 0.6 is 0 Å². The highest BCUT2D eigenvalue weighted by molar-refractivity contribution is 4.92. The van der Waals surface area contributed by atoms with Gasteiger partial charge in [0.05, 0.1) is 5.60 Å². The fraction of sp³-hybridized carbons (Fsp3) is 1.00. The van der Waals surface area contributed by atoms with E-state index < -0.39 is 0 Å². The Morgan fingerprint density at radius 3 is 2.38 bits per heavy atom. The Bertz CT molecular complexity index is 185. The Morgan fingerprint density at radius 1 is 1.31 bits per heavy atom. The third-order valence-corrected chi connectivity index (χ3v) is 3.89. The van der Waals surface area contributed by atoms with E-state index in [9.17, 15) is 0 Å². The molecule has 3 nitrogen and oxygen atoms in total. The maximum Gasteiger partial charge on any atom is 0.0694 e. The molecule has 1 rings (SSSR count). The summed E-state index contributed by atoms with van der Waals surface area (Å²) in [6.07, 6.45) is 8.48. The molecule has 0 aromatic heterocycles. The summed E-state index contributed by atoms with van der Waals surface area (Å²) < 4.78 is 5.64. The summed E-state index contributed by atoms with van der Waals surface area (Å²) in [5.74, 6) is 6.42. The van der Waals surface area contributed by atoms with Gasteiger partial charge in [-0.1, -0.05) is 26.7 Å². The van der Waals surface area contributed by atoms with Crippen LogP contribution in [-0.4, -0.2) is 18.8 Å². The van der Waals surface area contributed by atoms with E-state index in [0.717, 1.165) is 12.3 Å². The van der Waals surface area contributed by atoms with Crippen LogP contribution in [0.25, 0.3) is 0 Å². The summed E-state index contributed by atoms with van der Waals surface area (Å²) in [6.45, 7) is 4.54. The van der Waals surface area contributed by atoms with Gasteiger partial charge in [0.2, 0.25) is 0 Å². The summed E-state index contributed by atoms with van der Waals surface area (Å²) in [5, 5.41) is 0. The van der Waals surface area contributed by atoms with Crippen LogP contribution < -0.4 is 11.3 Å². The van der Waals surface area contributed by atoms with Crippen molar-refractivity contribution in [2.45, 2.75) is 70.4 Å². The van der Waals surface area contributed by atoms with Crippen molar-refractivity contribution in [1.82, 2.24) is 5.43 Å². The van der Waals surface area contributed by atoms with Gasteiger partial charge in [0, 0.05) is 13.2 Å². The van der Waals surface area contributed by atoms with Crippen LogP contribution in [0.1, 0.15) is 58.8 Å². The Kier molecular flexibility index (Phi) is 5.73. The van der Waals surface area contributed by atoms with Crippen molar-refractivity contribution in [3.63, 3.8) is 0 Å². The molecule has 3 N–H and O–H groups in total. The number of methoxy groups -OCH3 is 1. The molecule has 0 bridgehead atoms. The molecule has 1 aliphatic rings. The first-order valence-electron chi connectivity index (χ1n) is 6.63. The second kappa shape index (κ2) is 6.58. The lowest BCUT2D eigenvalue weighted by atomic mass is 9.75. The number of hydrazine groups is 1. The maximum absolute atomic E-state index is 5.64. The van der Waals surface area contributed by atoms with Crippen molar-refractivity contribution >= 4 is 0 Å². The molecule has 0 aromatic rings. The number of ether oxygens (including phenoxy) is 1. The van der Waals surface area contributed by atoms with Crippen LogP contribution in [0.4, 0.5) is 0 Å². The predicted octanol–water partition coefficient (Wildman–Crippen LogP) is 2.60. The number of hydrogen-bond acceptors (Lipinski definition) is 3. The largest absolute Gasteiger partial charge is 0.378 e. The Hall–Kier alpha value is -0.120. The van der Waals surface area contributed by atoms with Crippen LogP contribution in [0, 0.1) is 5.92 Å². The Morgan fingerprint density at radius 2 is 2.00 bits per heavy atom. The highest BCUT2D eigenvalue weighted by Crippen LogP contribution is 2.39. The highest BCUT2D eigenvalue weighted by Gasteiger charge is 2.38. The molecule has 0 heterocycles. The molecule has 16 heavy (non-hydrogen) atoms. The summed E-state index contributed by atoms with van der Waals surface area (Å²) in [4.78, 5) is 0. The second-order valence-corrected chi connectivity index (χ2v) is 5.63. The van der Waals surface area contributed by atoms with Crippen LogP contribution in [0.5, 0.6) is 0 Å². The van der Waals surface area contributed by atoms with Gasteiger partial charge in [-0.15, -0.1) is 0 Å². The number of hydrogen-bond donors (Lipinski definition) is 2. The van der Waals surface area contributed by atoms with Gasteiger partial charge in [-0.05, 0) is 38.0 Å². The fourth-order valence-electron chi connectivity index (χ4n) is 2.53. The average Bonchev–Trinajstić information content (AvgIpc) is 2.20. The number of nitrogens with one attached hydrogen (secondary N) is 1. The molecule has 3 heteroatoms. The predicted molar refractivity (Wildman–Crippen MR) is 68.0 cm³/mol. The topological polar surface area (TPSA) is 47.3 Å². The van der Waals surface area contributed by atoms with E-state index in [1.54, 1.807) is 0 Å². The summed E-state index contributed by atoms with van der Waals surface area (Å²) in [7, 11) is 1.83. The molecule has 0 aliphatic heterocycles. The number of rotatable bonds is 8. The minimum Gasteiger partial charge on any atom is -0.378 e. The van der Waals surface area contributed by atoms with E-state index in [2.05, 4.69) is 19.3 Å². The molecule has 0 aromatic carbocycles. The van der Waals surface area contributed by atoms with Crippen molar-refractivity contribution in [2.75, 3.05) is 7.11 Å². The van der Waals surface area contributed by atoms with Gasteiger partial charge < -0.3 is 4.74 Å². The van der Waals surface area contributed by atoms with E-state index >= 15 is 0 Å². The summed E-state index contributed by atoms with van der Waals surface area (Å²) in [5.41, 5.74) is 3.09. The molecule has 0 amide bonds. The third-order valence-electron chi connectivity index (χ3n) is 3.89. The van der Waals surface area contributed by atoms with Crippen molar-refractivity contribution in [2.24, 2.45) is 11.8 Å². The van der Waals surface area contributed by atoms with E-state index in [4.69, 9.17) is 10.6 Å². The smallest absolute Gasteiger partial charge is 0.0694 e. The first kappa shape index (κ1) is 13.9. The first-order chi connectivity index (χ1) is 7.62. The lowest BCUT2D eigenvalue weighted by Gasteiger charge is -2.42. The molecule has 1 unspecified atom stereocenters. The van der Waals surface area contributed by atoms with E-state index in [1.807, 2.05) is 7.11 Å². The Balaban J connectivity index is 2.25. The third kappa shape index (κ3) is 4.04. The van der Waals surface area contributed by atoms with Crippen molar-refractivity contribution in [3.8, 4) is 0 Å². The normalized spacial score (nSPS) is 20.8. The van der Waals surface area contributed by atoms with Gasteiger partial charge in [0.15, 0.2) is 0 Å². The highest BCUT2D eigenvalue weighted by atomic mass is 16.5. The van der Waals surface area contributed by atoms with Crippen LogP contribution in [0.3, 0.4) is 0 Å². The summed E-state index contributed by atoms with van der Waals surface area (Å²) in [6, 6.07) is 0.416. The quantitative estimate of drug-likeness (QED) is 0.496. The molecular formula is C13H28N2O. The lowest BCUT2D eigenvalue weighted by Crippen LogP contribution is -2.47. The maximum atomic E-state index is 5.64. The van der Waals surface area contributed by atoms with Gasteiger partial charge in [0.25, 0.3) is 0 Å². The molecule has 0 saturated heterocycles. The summed E-state index contributed by atoms with van der Waals surface area (Å²) >= 11 is 0. The van der Waals surface area contributed by atoms with Crippen molar-refractivity contribution in [1.29, 1.82) is 0 Å². The Labute approximate surface area is 100 Å². The van der Waals surface area contributed by atoms with Crippen LogP contribution in [0.2, 0.25) is 0 Å². The van der Waals surface area contributed by atoms with Crippen molar-refractivity contribution < 1.29 is 4.74 Å². The van der Waals surface area contributed by atoms with Gasteiger partial charge in [-0.25, -0.2) is 0 Å². The molecular weight excluding hydrogens is 200 g/mol. The van der Waals surface area contributed by atoms with Crippen LogP contribution in [-0.2, 0) is 4.74 Å². The van der Waals surface area contributed by atoms with Crippen molar-refractivity contribution in [3.05, 3.63) is 0 Å². The molecule has 1 aliphatic carbocycles.